The molecule has 3 aliphatic rings. The standard InChI is InChI=1S/C35H45ClN2O/c1-23-17-30(9-7-14-37-21-23)34-26(4)13-15-38-28(6)35(34)33(29-10-8-16-39-22-24(2)18-29)19-27(5)32-20-31(36)12-11-25(32)3/h10-13,15,17,19-20,23-24,27,37H,4,7-9,14,16,18,21-22H2,1-3,5-6H3/b29-10-,30-17-,33-19-/t23-,24+,27?/m1/s1. The lowest BCUT2D eigenvalue weighted by molar-refractivity contribution is 0.105. The molecule has 0 radical (unpaired) electrons. The topological polar surface area (TPSA) is 33.6 Å². The molecule has 1 aromatic rings. The number of aliphatic imine (C=N–C) groups is 1. The van der Waals surface area contributed by atoms with Crippen LogP contribution in [0.15, 0.2) is 93.7 Å². The second-order valence-corrected chi connectivity index (χ2v) is 12.0. The van der Waals surface area contributed by atoms with Crippen LogP contribution in [0.2, 0.25) is 5.02 Å². The Morgan fingerprint density at radius 2 is 2.08 bits per heavy atom. The number of rotatable bonds is 5. The van der Waals surface area contributed by atoms with Crippen LogP contribution in [-0.4, -0.2) is 32.0 Å². The molecule has 3 nitrogen and oxygen atoms in total. The third-order valence-corrected chi connectivity index (χ3v) is 8.17. The van der Waals surface area contributed by atoms with Crippen molar-refractivity contribution < 1.29 is 4.74 Å². The first-order chi connectivity index (χ1) is 18.7. The van der Waals surface area contributed by atoms with E-state index in [1.807, 2.05) is 12.3 Å². The lowest BCUT2D eigenvalue weighted by Gasteiger charge is -2.27. The molecule has 1 N–H and O–H groups in total. The Hall–Kier alpha value is -2.46. The molecule has 1 unspecified atom stereocenters. The number of aryl methyl sites for hydroxylation is 1. The summed E-state index contributed by atoms with van der Waals surface area (Å²) in [6.07, 6.45) is 15.3. The van der Waals surface area contributed by atoms with Gasteiger partial charge in [0, 0.05) is 41.6 Å². The third-order valence-electron chi connectivity index (χ3n) is 7.94. The molecule has 3 heterocycles. The van der Waals surface area contributed by atoms with Gasteiger partial charge in [0.15, 0.2) is 0 Å². The van der Waals surface area contributed by atoms with Crippen molar-refractivity contribution in [3.05, 3.63) is 105 Å². The molecule has 0 bridgehead atoms. The van der Waals surface area contributed by atoms with Crippen molar-refractivity contribution in [1.82, 2.24) is 5.32 Å². The second-order valence-electron chi connectivity index (χ2n) is 11.6. The van der Waals surface area contributed by atoms with Crippen molar-refractivity contribution in [3.63, 3.8) is 0 Å². The first-order valence-electron chi connectivity index (χ1n) is 14.6. The van der Waals surface area contributed by atoms with Gasteiger partial charge in [-0.3, -0.25) is 4.99 Å². The lowest BCUT2D eigenvalue weighted by atomic mass is 9.79. The molecule has 3 atom stereocenters. The van der Waals surface area contributed by atoms with E-state index in [-0.39, 0.29) is 5.92 Å². The van der Waals surface area contributed by atoms with Crippen LogP contribution in [0.25, 0.3) is 0 Å². The first kappa shape index (κ1) is 29.5. The van der Waals surface area contributed by atoms with E-state index >= 15 is 0 Å². The fraction of sp³-hybridized carbons (Fsp3) is 0.457. The highest BCUT2D eigenvalue weighted by atomic mass is 35.5. The van der Waals surface area contributed by atoms with E-state index in [4.69, 9.17) is 21.3 Å². The molecule has 0 aliphatic carbocycles. The summed E-state index contributed by atoms with van der Waals surface area (Å²) in [6, 6.07) is 6.22. The van der Waals surface area contributed by atoms with Crippen LogP contribution in [0.4, 0.5) is 0 Å². The van der Waals surface area contributed by atoms with Gasteiger partial charge in [-0.2, -0.15) is 0 Å². The van der Waals surface area contributed by atoms with E-state index in [1.165, 1.54) is 39.0 Å². The van der Waals surface area contributed by atoms with E-state index in [0.29, 0.717) is 11.8 Å². The van der Waals surface area contributed by atoms with E-state index in [0.717, 1.165) is 68.3 Å². The van der Waals surface area contributed by atoms with E-state index in [9.17, 15) is 0 Å². The van der Waals surface area contributed by atoms with Gasteiger partial charge in [-0.15, -0.1) is 0 Å². The van der Waals surface area contributed by atoms with Crippen molar-refractivity contribution in [2.75, 3.05) is 26.3 Å². The number of benzene rings is 1. The van der Waals surface area contributed by atoms with Gasteiger partial charge in [-0.25, -0.2) is 0 Å². The smallest absolute Gasteiger partial charge is 0.0500 e. The molecular weight excluding hydrogens is 500 g/mol. The Labute approximate surface area is 241 Å². The Morgan fingerprint density at radius 1 is 1.26 bits per heavy atom. The Balaban J connectivity index is 1.98. The Morgan fingerprint density at radius 3 is 2.90 bits per heavy atom. The molecule has 4 rings (SSSR count). The maximum atomic E-state index is 6.48. The maximum absolute atomic E-state index is 6.48. The lowest BCUT2D eigenvalue weighted by Crippen LogP contribution is -2.24. The molecule has 0 saturated heterocycles. The van der Waals surface area contributed by atoms with Crippen molar-refractivity contribution in [1.29, 1.82) is 0 Å². The molecule has 0 spiro atoms. The molecule has 39 heavy (non-hydrogen) atoms. The fourth-order valence-electron chi connectivity index (χ4n) is 5.98. The first-order valence-corrected chi connectivity index (χ1v) is 14.9. The summed E-state index contributed by atoms with van der Waals surface area (Å²) >= 11 is 6.48. The highest BCUT2D eigenvalue weighted by molar-refractivity contribution is 6.30. The summed E-state index contributed by atoms with van der Waals surface area (Å²) in [4.78, 5) is 4.91. The van der Waals surface area contributed by atoms with E-state index < -0.39 is 0 Å². The minimum Gasteiger partial charge on any atom is -0.381 e. The average molecular weight is 545 g/mol. The highest BCUT2D eigenvalue weighted by Gasteiger charge is 2.26. The summed E-state index contributed by atoms with van der Waals surface area (Å²) in [5.41, 5.74) is 11.1. The van der Waals surface area contributed by atoms with Gasteiger partial charge in [0.1, 0.15) is 0 Å². The van der Waals surface area contributed by atoms with Crippen LogP contribution in [0, 0.1) is 18.8 Å². The van der Waals surface area contributed by atoms with Crippen LogP contribution in [0.3, 0.4) is 0 Å². The number of hydrogen-bond donors (Lipinski definition) is 1. The zero-order chi connectivity index (χ0) is 27.9. The SMILES string of the molecule is C=C1C=CN=C(C)C(C(=C\C(C)c2cc(Cl)ccc2C)/C2=C\CCOC[C@@H](C)C2)=C1/C1=C\[C@@H](C)CNCCC1. The largest absolute Gasteiger partial charge is 0.381 e. The molecule has 3 aliphatic heterocycles. The average Bonchev–Trinajstić information content (AvgIpc) is 3.01. The molecule has 4 heteroatoms. The van der Waals surface area contributed by atoms with Crippen molar-refractivity contribution in [3.8, 4) is 0 Å². The van der Waals surface area contributed by atoms with Gasteiger partial charge in [0.05, 0.1) is 6.61 Å². The van der Waals surface area contributed by atoms with E-state index in [2.05, 4.69) is 83.0 Å². The van der Waals surface area contributed by atoms with Crippen molar-refractivity contribution >= 4 is 17.3 Å². The zero-order valence-corrected chi connectivity index (χ0v) is 25.2. The number of hydrogen-bond acceptors (Lipinski definition) is 3. The van der Waals surface area contributed by atoms with Crippen molar-refractivity contribution in [2.24, 2.45) is 16.8 Å². The van der Waals surface area contributed by atoms with Crippen LogP contribution in [-0.2, 0) is 4.74 Å². The van der Waals surface area contributed by atoms with Gasteiger partial charge in [0.25, 0.3) is 0 Å². The molecule has 208 valence electrons. The van der Waals surface area contributed by atoms with Crippen molar-refractivity contribution in [2.45, 2.75) is 66.2 Å². The van der Waals surface area contributed by atoms with Crippen LogP contribution in [0.5, 0.6) is 0 Å². The number of halogens is 1. The summed E-state index contributed by atoms with van der Waals surface area (Å²) in [6.45, 7) is 19.4. The number of allylic oxidation sites excluding steroid dienone is 8. The third kappa shape index (κ3) is 7.60. The molecular formula is C35H45ClN2O. The Bertz CT molecular complexity index is 1260. The minimum atomic E-state index is 0.178. The normalized spacial score (nSPS) is 27.2. The van der Waals surface area contributed by atoms with Crippen LogP contribution >= 0.6 is 11.6 Å². The minimum absolute atomic E-state index is 0.178. The maximum Gasteiger partial charge on any atom is 0.0500 e. The fourth-order valence-corrected chi connectivity index (χ4v) is 6.16. The number of nitrogens with zero attached hydrogens (tertiary/aromatic N) is 1. The van der Waals surface area contributed by atoms with E-state index in [1.54, 1.807) is 0 Å². The van der Waals surface area contributed by atoms with Gasteiger partial charge in [-0.1, -0.05) is 63.2 Å². The monoisotopic (exact) mass is 544 g/mol. The van der Waals surface area contributed by atoms with Gasteiger partial charge < -0.3 is 10.1 Å². The predicted octanol–water partition coefficient (Wildman–Crippen LogP) is 8.84. The van der Waals surface area contributed by atoms with Gasteiger partial charge in [0.2, 0.25) is 0 Å². The summed E-state index contributed by atoms with van der Waals surface area (Å²) < 4.78 is 5.90. The zero-order valence-electron chi connectivity index (χ0n) is 24.4. The molecule has 1 aromatic carbocycles. The molecule has 0 fully saturated rings. The summed E-state index contributed by atoms with van der Waals surface area (Å²) in [5.74, 6) is 1.06. The Kier molecular flexibility index (Phi) is 10.4. The van der Waals surface area contributed by atoms with Crippen LogP contribution < -0.4 is 5.32 Å². The molecule has 0 amide bonds. The molecule has 0 aromatic heterocycles. The number of nitrogens with one attached hydrogen (secondary N) is 1. The van der Waals surface area contributed by atoms with Crippen LogP contribution in [0.1, 0.15) is 70.4 Å². The van der Waals surface area contributed by atoms with Gasteiger partial charge in [-0.05, 0) is 115 Å². The summed E-state index contributed by atoms with van der Waals surface area (Å²) in [5, 5.41) is 4.36. The second kappa shape index (κ2) is 13.7. The predicted molar refractivity (Wildman–Crippen MR) is 168 cm³/mol. The number of ether oxygens (including phenoxy) is 1. The summed E-state index contributed by atoms with van der Waals surface area (Å²) in [7, 11) is 0. The van der Waals surface area contributed by atoms with Gasteiger partial charge >= 0.3 is 0 Å². The highest BCUT2D eigenvalue weighted by Crippen LogP contribution is 2.40. The molecule has 0 saturated carbocycles. The quantitative estimate of drug-likeness (QED) is 0.401.